The van der Waals surface area contributed by atoms with Crippen molar-refractivity contribution >= 4 is 26.5 Å². The number of aryl methyl sites for hydroxylation is 2. The third-order valence-corrected chi connectivity index (χ3v) is 18.2. The Morgan fingerprint density at radius 2 is 1.67 bits per heavy atom. The van der Waals surface area contributed by atoms with E-state index in [9.17, 15) is 13.8 Å². The molecule has 2 aliphatic carbocycles. The predicted octanol–water partition coefficient (Wildman–Crippen LogP) is 8.48. The monoisotopic (exact) mass is 959 g/mol. The number of rotatable bonds is 9. The van der Waals surface area contributed by atoms with Gasteiger partial charge in [-0.3, -0.25) is 23.4 Å². The minimum Gasteiger partial charge on any atom is -0.376 e. The Kier molecular flexibility index (Phi) is 10.3. The van der Waals surface area contributed by atoms with E-state index in [1.807, 2.05) is 17.6 Å². The van der Waals surface area contributed by atoms with Crippen LogP contribution in [-0.2, 0) is 26.4 Å². The summed E-state index contributed by atoms with van der Waals surface area (Å²) in [5, 5.41) is 9.98. The molecule has 15 nitrogen and oxygen atoms in total. The molecule has 69 heavy (non-hydrogen) atoms. The lowest BCUT2D eigenvalue weighted by molar-refractivity contribution is -0.0592. The van der Waals surface area contributed by atoms with Gasteiger partial charge in [0.15, 0.2) is 11.6 Å². The highest BCUT2D eigenvalue weighted by atomic mass is 32.2. The molecular weight excluding hydrogens is 905 g/mol. The lowest BCUT2D eigenvalue weighted by Gasteiger charge is -2.35. The lowest BCUT2D eigenvalue weighted by Crippen LogP contribution is -2.41. The molecule has 2 saturated carbocycles. The SMILES string of the molecule is CN=S(=O)(c1ccc(-n2ccn(-c3c4c(nn3-c3cc(C)c(F)c(C)c3)CCN(C(=O)c3cc5cc([C@H]6CCOC(C)(C)C6)ccc5n3[C@@]3(c5noc(=O)[nH]5)C[C@@H]3C)[C@H]4C)c2=O)c(F)c1C)C1CC1. The number of aromatic nitrogens is 7. The van der Waals surface area contributed by atoms with Crippen molar-refractivity contribution in [2.24, 2.45) is 10.3 Å². The summed E-state index contributed by atoms with van der Waals surface area (Å²) in [4.78, 5) is 47.8. The number of fused-ring (bicyclic) bond motifs is 2. The summed E-state index contributed by atoms with van der Waals surface area (Å²) in [5.74, 6) is -1.12. The van der Waals surface area contributed by atoms with Crippen LogP contribution >= 0.6 is 0 Å². The van der Waals surface area contributed by atoms with E-state index in [-0.39, 0.29) is 52.2 Å². The zero-order valence-corrected chi connectivity index (χ0v) is 40.7. The van der Waals surface area contributed by atoms with Crippen LogP contribution in [0.1, 0.15) is 122 Å². The Bertz CT molecular complexity index is 3520. The number of benzene rings is 3. The maximum Gasteiger partial charge on any atom is 0.438 e. The van der Waals surface area contributed by atoms with E-state index in [4.69, 9.17) is 14.4 Å². The van der Waals surface area contributed by atoms with E-state index in [1.54, 1.807) is 48.6 Å². The molecule has 6 heterocycles. The minimum atomic E-state index is -2.85. The first-order chi connectivity index (χ1) is 32.9. The van der Waals surface area contributed by atoms with E-state index in [1.165, 1.54) is 34.6 Å². The summed E-state index contributed by atoms with van der Waals surface area (Å²) < 4.78 is 67.2. The molecule has 3 fully saturated rings. The van der Waals surface area contributed by atoms with Gasteiger partial charge in [-0.1, -0.05) is 18.1 Å². The van der Waals surface area contributed by atoms with Crippen LogP contribution in [0, 0.1) is 38.3 Å². The summed E-state index contributed by atoms with van der Waals surface area (Å²) in [6, 6.07) is 14.0. The number of nitrogens with zero attached hydrogens (tertiary/aromatic N) is 8. The molecule has 1 saturated heterocycles. The number of H-pyrrole nitrogens is 1. The molecule has 1 amide bonds. The van der Waals surface area contributed by atoms with Gasteiger partial charge in [0.2, 0.25) is 0 Å². The fourth-order valence-electron chi connectivity index (χ4n) is 11.4. The van der Waals surface area contributed by atoms with Crippen LogP contribution in [0.2, 0.25) is 0 Å². The second-order valence-corrected chi connectivity index (χ2v) is 22.8. The fraction of sp³-hybridized carbons (Fsp3) is 0.431. The molecule has 0 spiro atoms. The molecule has 18 heteroatoms. The largest absolute Gasteiger partial charge is 0.438 e. The zero-order chi connectivity index (χ0) is 48.6. The number of imidazole rings is 1. The number of hydrogen-bond acceptors (Lipinski definition) is 9. The topological polar surface area (TPSA) is 168 Å². The molecule has 2 aliphatic heterocycles. The Morgan fingerprint density at radius 1 is 0.942 bits per heavy atom. The normalized spacial score (nSPS) is 23.0. The highest BCUT2D eigenvalue weighted by molar-refractivity contribution is 7.94. The van der Waals surface area contributed by atoms with Gasteiger partial charge < -0.3 is 14.2 Å². The summed E-state index contributed by atoms with van der Waals surface area (Å²) >= 11 is 0. The molecule has 4 aromatic heterocycles. The molecular formula is C51H55F2N9O6S. The van der Waals surface area contributed by atoms with E-state index in [0.717, 1.165) is 42.1 Å². The number of amides is 1. The van der Waals surface area contributed by atoms with E-state index >= 15 is 13.6 Å². The van der Waals surface area contributed by atoms with Gasteiger partial charge >= 0.3 is 11.4 Å². The first-order valence-electron chi connectivity index (χ1n) is 23.7. The van der Waals surface area contributed by atoms with Gasteiger partial charge in [0, 0.05) is 66.3 Å². The second-order valence-electron chi connectivity index (χ2n) is 20.2. The highest BCUT2D eigenvalue weighted by Crippen LogP contribution is 2.56. The Morgan fingerprint density at radius 3 is 2.32 bits per heavy atom. The van der Waals surface area contributed by atoms with Crippen molar-refractivity contribution in [3.05, 3.63) is 139 Å². The van der Waals surface area contributed by atoms with Crippen LogP contribution < -0.4 is 11.4 Å². The van der Waals surface area contributed by atoms with Crippen molar-refractivity contribution in [1.29, 1.82) is 0 Å². The maximum absolute atomic E-state index is 16.5. The standard InChI is InChI=1S/C51H55F2N9O6S/c1-27-21-35(22-28(2)43(27)52)62-45(60-19-18-59(49(60)65)39-13-14-41(30(4)44(39)53)69(66,54-8)36-10-11-36)42-31(5)58(17-15-37(42)56-62)46(63)40-24-34-23-32(33-16-20-67-50(6,7)26-33)9-12-38(34)61(40)51(25-29(51)3)47-55-48(64)68-57-47/h9,12-14,18-19,21-24,29,31,33,36H,10-11,15-17,20,25-26H2,1-8H3,(H,55,57,64)/t29-,31-,33-,51-,69?/m0/s1. The molecule has 11 rings (SSSR count). The predicted molar refractivity (Wildman–Crippen MR) is 255 cm³/mol. The number of hydrogen-bond donors (Lipinski definition) is 1. The first kappa shape index (κ1) is 45.1. The van der Waals surface area contributed by atoms with Crippen molar-refractivity contribution in [2.75, 3.05) is 20.2 Å². The molecule has 7 aromatic rings. The molecule has 4 aliphatic rings. The van der Waals surface area contributed by atoms with Gasteiger partial charge in [0.05, 0.1) is 43.3 Å². The Labute approximate surface area is 397 Å². The average molecular weight is 960 g/mol. The Balaban J connectivity index is 1.05. The zero-order valence-electron chi connectivity index (χ0n) is 39.9. The number of halogens is 2. The van der Waals surface area contributed by atoms with Crippen molar-refractivity contribution in [3.8, 4) is 17.2 Å². The van der Waals surface area contributed by atoms with E-state index < -0.39 is 38.6 Å². The van der Waals surface area contributed by atoms with Crippen LogP contribution in [0.25, 0.3) is 28.1 Å². The smallest absolute Gasteiger partial charge is 0.376 e. The highest BCUT2D eigenvalue weighted by Gasteiger charge is 2.59. The molecule has 1 unspecified atom stereocenters. The van der Waals surface area contributed by atoms with Gasteiger partial charge in [0.25, 0.3) is 5.91 Å². The number of carbonyl (C=O) groups excluding carboxylic acids is 1. The molecule has 1 N–H and O–H groups in total. The lowest BCUT2D eigenvalue weighted by atomic mass is 9.83. The molecule has 360 valence electrons. The second kappa shape index (κ2) is 15.8. The first-order valence-corrected chi connectivity index (χ1v) is 25.2. The van der Waals surface area contributed by atoms with Crippen LogP contribution in [0.5, 0.6) is 0 Å². The van der Waals surface area contributed by atoms with Gasteiger partial charge in [-0.2, -0.15) is 5.10 Å². The Hall–Kier alpha value is -6.40. The number of nitrogens with one attached hydrogen (secondary N) is 1. The third kappa shape index (κ3) is 6.94. The number of aromatic amines is 1. The molecule has 5 atom stereocenters. The van der Waals surface area contributed by atoms with Crippen LogP contribution in [0.3, 0.4) is 0 Å². The van der Waals surface area contributed by atoms with Crippen LogP contribution in [0.4, 0.5) is 8.78 Å². The van der Waals surface area contributed by atoms with Crippen molar-refractivity contribution in [3.63, 3.8) is 0 Å². The van der Waals surface area contributed by atoms with Crippen molar-refractivity contribution in [2.45, 2.75) is 120 Å². The van der Waals surface area contributed by atoms with Gasteiger partial charge in [-0.05, 0) is 145 Å². The summed E-state index contributed by atoms with van der Waals surface area (Å²) in [6.45, 7) is 14.0. The maximum atomic E-state index is 16.5. The van der Waals surface area contributed by atoms with Gasteiger partial charge in [-0.25, -0.2) is 31.6 Å². The van der Waals surface area contributed by atoms with Crippen molar-refractivity contribution < 1.29 is 27.0 Å². The average Bonchev–Trinajstić information content (AvgIpc) is 4.05. The summed E-state index contributed by atoms with van der Waals surface area (Å²) in [5.41, 5.74) is 3.23. The molecule has 0 bridgehead atoms. The summed E-state index contributed by atoms with van der Waals surface area (Å²) in [7, 11) is -1.35. The number of carbonyl (C=O) groups is 1. The van der Waals surface area contributed by atoms with Crippen molar-refractivity contribution in [1.82, 2.24) is 38.5 Å². The van der Waals surface area contributed by atoms with E-state index in [0.29, 0.717) is 69.8 Å². The van der Waals surface area contributed by atoms with Gasteiger partial charge in [-0.15, -0.1) is 0 Å². The van der Waals surface area contributed by atoms with Crippen LogP contribution in [-0.4, -0.2) is 79.7 Å². The van der Waals surface area contributed by atoms with Gasteiger partial charge in [0.1, 0.15) is 22.9 Å². The molecule has 3 aromatic carbocycles. The van der Waals surface area contributed by atoms with E-state index in [2.05, 4.69) is 53.5 Å². The number of ether oxygens (including phenoxy) is 1. The minimum absolute atomic E-state index is 0.0149. The van der Waals surface area contributed by atoms with Crippen LogP contribution in [0.15, 0.2) is 84.3 Å². The molecule has 0 radical (unpaired) electrons. The quantitative estimate of drug-likeness (QED) is 0.150. The fourth-order valence-corrected chi connectivity index (χ4v) is 13.8. The third-order valence-electron chi connectivity index (χ3n) is 15.3. The summed E-state index contributed by atoms with van der Waals surface area (Å²) in [6.07, 6.45) is 7.14.